The Hall–Kier alpha value is -3.91. The van der Waals surface area contributed by atoms with E-state index in [0.717, 1.165) is 34.4 Å². The quantitative estimate of drug-likeness (QED) is 0.0981. The second-order valence-corrected chi connectivity index (χ2v) is 10.1. The van der Waals surface area contributed by atoms with E-state index in [2.05, 4.69) is 13.2 Å². The molecule has 0 saturated carbocycles. The van der Waals surface area contributed by atoms with E-state index in [9.17, 15) is 22.8 Å². The summed E-state index contributed by atoms with van der Waals surface area (Å²) in [5.41, 5.74) is 2.28. The molecule has 4 aromatic rings. The van der Waals surface area contributed by atoms with Crippen molar-refractivity contribution in [3.63, 3.8) is 0 Å². The summed E-state index contributed by atoms with van der Waals surface area (Å²) >= 11 is 1.01. The van der Waals surface area contributed by atoms with Gasteiger partial charge < -0.3 is 9.47 Å². The van der Waals surface area contributed by atoms with E-state index in [-0.39, 0.29) is 10.3 Å². The van der Waals surface area contributed by atoms with Gasteiger partial charge >= 0.3 is 18.1 Å². The fourth-order valence-electron chi connectivity index (χ4n) is 3.97. The SMILES string of the molecule is C=C(C)C(=O)OCCCc1ccc(-c2ccc3c(c2)sc2c(C(F)(F)F)c(OC(=O)C(=C)C)ccc23)cc1. The molecule has 0 radical (unpaired) electrons. The minimum absolute atomic E-state index is 0.0106. The highest BCUT2D eigenvalue weighted by atomic mass is 32.1. The van der Waals surface area contributed by atoms with Crippen molar-refractivity contribution >= 4 is 43.4 Å². The maximum Gasteiger partial charge on any atom is 0.421 e. The van der Waals surface area contributed by atoms with Crippen LogP contribution in [-0.4, -0.2) is 18.5 Å². The Balaban J connectivity index is 1.61. The Kier molecular flexibility index (Phi) is 7.73. The monoisotopic (exact) mass is 538 g/mol. The third-order valence-corrected chi connectivity index (χ3v) is 7.10. The molecule has 0 aliphatic rings. The van der Waals surface area contributed by atoms with Gasteiger partial charge in [-0.1, -0.05) is 49.6 Å². The molecule has 196 valence electrons. The van der Waals surface area contributed by atoms with Crippen LogP contribution >= 0.6 is 11.3 Å². The van der Waals surface area contributed by atoms with E-state index < -0.39 is 29.4 Å². The van der Waals surface area contributed by atoms with Gasteiger partial charge in [-0.05, 0) is 61.6 Å². The number of hydrogen-bond acceptors (Lipinski definition) is 5. The predicted octanol–water partition coefficient (Wildman–Crippen LogP) is 8.27. The molecule has 0 bridgehead atoms. The summed E-state index contributed by atoms with van der Waals surface area (Å²) in [6, 6.07) is 16.2. The van der Waals surface area contributed by atoms with Crippen molar-refractivity contribution in [1.29, 1.82) is 0 Å². The van der Waals surface area contributed by atoms with Gasteiger partial charge in [0.1, 0.15) is 11.3 Å². The summed E-state index contributed by atoms with van der Waals surface area (Å²) in [7, 11) is 0. The minimum Gasteiger partial charge on any atom is -0.462 e. The third kappa shape index (κ3) is 5.81. The molecule has 3 aromatic carbocycles. The fraction of sp³-hybridized carbons (Fsp3) is 0.200. The molecule has 0 aliphatic carbocycles. The average Bonchev–Trinajstić information content (AvgIpc) is 3.23. The lowest BCUT2D eigenvalue weighted by molar-refractivity contribution is -0.140. The topological polar surface area (TPSA) is 52.6 Å². The summed E-state index contributed by atoms with van der Waals surface area (Å²) in [5.74, 6) is -1.84. The predicted molar refractivity (Wildman–Crippen MR) is 144 cm³/mol. The Morgan fingerprint density at radius 2 is 1.50 bits per heavy atom. The number of carbonyl (C=O) groups is 2. The van der Waals surface area contributed by atoms with Crippen LogP contribution in [-0.2, 0) is 26.9 Å². The first-order valence-electron chi connectivity index (χ1n) is 11.8. The highest BCUT2D eigenvalue weighted by Gasteiger charge is 2.38. The highest BCUT2D eigenvalue weighted by Crippen LogP contribution is 2.47. The van der Waals surface area contributed by atoms with Crippen LogP contribution in [0.15, 0.2) is 78.9 Å². The van der Waals surface area contributed by atoms with Crippen molar-refractivity contribution in [1.82, 2.24) is 0 Å². The summed E-state index contributed by atoms with van der Waals surface area (Å²) < 4.78 is 53.1. The standard InChI is InChI=1S/C30H25F3O4S/c1-17(2)28(34)36-15-5-6-19-7-9-20(10-8-19)21-11-12-22-23-13-14-24(37-29(35)18(3)4)26(30(31,32)33)27(23)38-25(22)16-21/h7-14,16H,1,3,5-6,15H2,2,4H3. The van der Waals surface area contributed by atoms with Gasteiger partial charge in [0.2, 0.25) is 0 Å². The first-order chi connectivity index (χ1) is 18.0. The van der Waals surface area contributed by atoms with Gasteiger partial charge in [-0.25, -0.2) is 9.59 Å². The van der Waals surface area contributed by atoms with E-state index in [0.29, 0.717) is 34.1 Å². The molecule has 4 nitrogen and oxygen atoms in total. The van der Waals surface area contributed by atoms with Crippen LogP contribution < -0.4 is 4.74 Å². The molecule has 8 heteroatoms. The van der Waals surface area contributed by atoms with Crippen LogP contribution in [0.4, 0.5) is 13.2 Å². The lowest BCUT2D eigenvalue weighted by Gasteiger charge is -2.13. The summed E-state index contributed by atoms with van der Waals surface area (Å²) in [4.78, 5) is 23.4. The number of esters is 2. The number of rotatable bonds is 8. The number of hydrogen-bond donors (Lipinski definition) is 0. The van der Waals surface area contributed by atoms with Gasteiger partial charge in [-0.3, -0.25) is 0 Å². The number of alkyl halides is 3. The van der Waals surface area contributed by atoms with Crippen LogP contribution in [0, 0.1) is 0 Å². The Morgan fingerprint density at radius 1 is 0.868 bits per heavy atom. The minimum atomic E-state index is -4.72. The number of halogens is 3. The third-order valence-electron chi connectivity index (χ3n) is 5.92. The second kappa shape index (κ2) is 10.8. The van der Waals surface area contributed by atoms with Gasteiger partial charge in [0.15, 0.2) is 0 Å². The smallest absolute Gasteiger partial charge is 0.421 e. The molecule has 0 unspecified atom stereocenters. The number of ether oxygens (including phenoxy) is 2. The lowest BCUT2D eigenvalue weighted by atomic mass is 10.0. The molecule has 0 amide bonds. The molecular formula is C30H25F3O4S. The summed E-state index contributed by atoms with van der Waals surface area (Å²) in [6.07, 6.45) is -3.30. The van der Waals surface area contributed by atoms with Crippen molar-refractivity contribution in [2.45, 2.75) is 32.9 Å². The van der Waals surface area contributed by atoms with E-state index in [1.165, 1.54) is 13.0 Å². The number of thiophene rings is 1. The summed E-state index contributed by atoms with van der Waals surface area (Å²) in [6.45, 7) is 10.3. The van der Waals surface area contributed by atoms with Crippen molar-refractivity contribution in [3.8, 4) is 16.9 Å². The maximum absolute atomic E-state index is 14.1. The van der Waals surface area contributed by atoms with Crippen LogP contribution in [0.25, 0.3) is 31.3 Å². The van der Waals surface area contributed by atoms with Gasteiger partial charge in [0.05, 0.1) is 11.3 Å². The van der Waals surface area contributed by atoms with Crippen molar-refractivity contribution in [3.05, 3.63) is 90.0 Å². The lowest BCUT2D eigenvalue weighted by Crippen LogP contribution is -2.14. The van der Waals surface area contributed by atoms with Crippen molar-refractivity contribution in [2.75, 3.05) is 6.61 Å². The van der Waals surface area contributed by atoms with Gasteiger partial charge in [0.25, 0.3) is 0 Å². The zero-order chi connectivity index (χ0) is 27.6. The molecule has 0 atom stereocenters. The van der Waals surface area contributed by atoms with Gasteiger partial charge in [-0.2, -0.15) is 13.2 Å². The van der Waals surface area contributed by atoms with E-state index in [1.807, 2.05) is 42.5 Å². The average molecular weight is 539 g/mol. The van der Waals surface area contributed by atoms with E-state index >= 15 is 0 Å². The molecule has 1 heterocycles. The number of aryl methyl sites for hydroxylation is 1. The Bertz CT molecular complexity index is 1560. The molecule has 0 saturated heterocycles. The van der Waals surface area contributed by atoms with Crippen LogP contribution in [0.2, 0.25) is 0 Å². The van der Waals surface area contributed by atoms with E-state index in [1.54, 1.807) is 13.0 Å². The highest BCUT2D eigenvalue weighted by molar-refractivity contribution is 7.26. The number of benzene rings is 3. The van der Waals surface area contributed by atoms with Gasteiger partial charge in [-0.15, -0.1) is 11.3 Å². The Morgan fingerprint density at radius 3 is 2.13 bits per heavy atom. The zero-order valence-electron chi connectivity index (χ0n) is 20.9. The Labute approximate surface area is 222 Å². The fourth-order valence-corrected chi connectivity index (χ4v) is 5.27. The molecular weight excluding hydrogens is 513 g/mol. The number of fused-ring (bicyclic) bond motifs is 3. The van der Waals surface area contributed by atoms with Crippen molar-refractivity contribution in [2.24, 2.45) is 0 Å². The van der Waals surface area contributed by atoms with E-state index in [4.69, 9.17) is 9.47 Å². The molecule has 4 rings (SSSR count). The zero-order valence-corrected chi connectivity index (χ0v) is 21.7. The first kappa shape index (κ1) is 27.1. The van der Waals surface area contributed by atoms with Crippen LogP contribution in [0.3, 0.4) is 0 Å². The molecule has 0 N–H and O–H groups in total. The molecule has 0 spiro atoms. The number of carbonyl (C=O) groups excluding carboxylic acids is 2. The maximum atomic E-state index is 14.1. The molecule has 0 fully saturated rings. The molecule has 38 heavy (non-hydrogen) atoms. The molecule has 1 aromatic heterocycles. The largest absolute Gasteiger partial charge is 0.462 e. The molecule has 0 aliphatic heterocycles. The van der Waals surface area contributed by atoms with Crippen molar-refractivity contribution < 1.29 is 32.2 Å². The summed E-state index contributed by atoms with van der Waals surface area (Å²) in [5, 5.41) is 1.14. The second-order valence-electron chi connectivity index (χ2n) is 9.01. The van der Waals surface area contributed by atoms with Gasteiger partial charge in [0, 0.05) is 26.6 Å². The van der Waals surface area contributed by atoms with Crippen LogP contribution in [0.1, 0.15) is 31.4 Å². The normalized spacial score (nSPS) is 11.5. The first-order valence-corrected chi connectivity index (χ1v) is 12.6. The van der Waals surface area contributed by atoms with Crippen LogP contribution in [0.5, 0.6) is 5.75 Å².